The van der Waals surface area contributed by atoms with Crippen molar-refractivity contribution in [2.45, 2.75) is 70.1 Å². The van der Waals surface area contributed by atoms with Gasteiger partial charge in [-0.1, -0.05) is 13.0 Å². The van der Waals surface area contributed by atoms with Crippen LogP contribution in [0.2, 0.25) is 0 Å². The van der Waals surface area contributed by atoms with E-state index in [0.717, 1.165) is 56.3 Å². The number of nitrogens with zero attached hydrogens (tertiary/aromatic N) is 1. The van der Waals surface area contributed by atoms with E-state index in [1.807, 2.05) is 6.07 Å². The molecule has 1 unspecified atom stereocenters. The first-order valence-corrected chi connectivity index (χ1v) is 10.7. The van der Waals surface area contributed by atoms with Crippen molar-refractivity contribution >= 4 is 5.97 Å². The number of hydrogen-bond acceptors (Lipinski definition) is 5. The summed E-state index contributed by atoms with van der Waals surface area (Å²) in [6, 6.07) is 4.14. The van der Waals surface area contributed by atoms with Crippen molar-refractivity contribution in [2.75, 3.05) is 19.7 Å². The average Bonchev–Trinajstić information content (AvgIpc) is 2.70. The molecule has 3 atom stereocenters. The summed E-state index contributed by atoms with van der Waals surface area (Å²) >= 11 is 0. The van der Waals surface area contributed by atoms with Crippen LogP contribution in [0.4, 0.5) is 0 Å². The van der Waals surface area contributed by atoms with E-state index in [4.69, 9.17) is 9.47 Å². The second-order valence-corrected chi connectivity index (χ2v) is 8.43. The normalized spacial score (nSPS) is 30.3. The highest BCUT2D eigenvalue weighted by Crippen LogP contribution is 2.44. The molecule has 1 aromatic carbocycles. The zero-order chi connectivity index (χ0) is 19.7. The minimum Gasteiger partial charge on any atom is -0.504 e. The van der Waals surface area contributed by atoms with E-state index in [9.17, 15) is 15.0 Å². The Hall–Kier alpha value is -1.79. The quantitative estimate of drug-likeness (QED) is 0.804. The molecule has 0 aromatic heterocycles. The molecule has 0 amide bonds. The summed E-state index contributed by atoms with van der Waals surface area (Å²) in [6.07, 6.45) is 7.11. The number of carboxylic acid groups (broad SMARTS) is 1. The Morgan fingerprint density at radius 1 is 1.32 bits per heavy atom. The van der Waals surface area contributed by atoms with Crippen molar-refractivity contribution in [1.82, 2.24) is 4.90 Å². The average molecular weight is 389 g/mol. The summed E-state index contributed by atoms with van der Waals surface area (Å²) in [7, 11) is 0. The summed E-state index contributed by atoms with van der Waals surface area (Å²) in [5.74, 6) is -1.97. The fourth-order valence-electron chi connectivity index (χ4n) is 5.21. The van der Waals surface area contributed by atoms with Gasteiger partial charge in [0.15, 0.2) is 11.5 Å². The standard InChI is InChI=1S/C22H31NO5/c1-2-10-23-11-5-6-16-13-17-15(14-18(16)23)7-8-19(24)20(17)28-22(21(25)26)9-3-4-12-27-22/h7-8,16,18,24H,2-6,9-14H2,1H3,(H,25,26)/t16-,18-,22?/m1/s1. The Kier molecular flexibility index (Phi) is 5.52. The topological polar surface area (TPSA) is 79.2 Å². The van der Waals surface area contributed by atoms with Crippen LogP contribution < -0.4 is 4.74 Å². The molecule has 6 nitrogen and oxygen atoms in total. The number of aromatic hydroxyl groups is 1. The van der Waals surface area contributed by atoms with Crippen LogP contribution in [0.1, 0.15) is 56.6 Å². The summed E-state index contributed by atoms with van der Waals surface area (Å²) in [5, 5.41) is 20.3. The molecule has 0 spiro atoms. The number of carbonyl (C=O) groups is 1. The fourth-order valence-corrected chi connectivity index (χ4v) is 5.21. The number of benzene rings is 1. The van der Waals surface area contributed by atoms with E-state index < -0.39 is 11.8 Å². The van der Waals surface area contributed by atoms with Crippen LogP contribution in [0.25, 0.3) is 0 Å². The molecule has 3 aliphatic rings. The Balaban J connectivity index is 1.66. The van der Waals surface area contributed by atoms with Gasteiger partial charge in [0.25, 0.3) is 0 Å². The molecule has 6 heteroatoms. The van der Waals surface area contributed by atoms with Crippen LogP contribution in [-0.4, -0.2) is 52.6 Å². The van der Waals surface area contributed by atoms with Gasteiger partial charge < -0.3 is 19.7 Å². The van der Waals surface area contributed by atoms with Crippen molar-refractivity contribution in [3.8, 4) is 11.5 Å². The van der Waals surface area contributed by atoms with Crippen molar-refractivity contribution in [2.24, 2.45) is 5.92 Å². The second kappa shape index (κ2) is 7.91. The number of phenols is 1. The zero-order valence-corrected chi connectivity index (χ0v) is 16.7. The number of phenolic OH excluding ortho intramolecular Hbond substituents is 1. The molecule has 28 heavy (non-hydrogen) atoms. The third kappa shape index (κ3) is 3.48. The predicted octanol–water partition coefficient (Wildman–Crippen LogP) is 3.34. The number of piperidine rings is 1. The Morgan fingerprint density at radius 3 is 2.89 bits per heavy atom. The van der Waals surface area contributed by atoms with Gasteiger partial charge >= 0.3 is 11.8 Å². The Morgan fingerprint density at radius 2 is 2.18 bits per heavy atom. The molecule has 0 bridgehead atoms. The van der Waals surface area contributed by atoms with Gasteiger partial charge in [0.2, 0.25) is 0 Å². The van der Waals surface area contributed by atoms with E-state index in [1.165, 1.54) is 12.8 Å². The van der Waals surface area contributed by atoms with Crippen LogP contribution in [-0.2, 0) is 22.4 Å². The molecule has 4 rings (SSSR count). The van der Waals surface area contributed by atoms with Crippen LogP contribution in [0.5, 0.6) is 11.5 Å². The number of ether oxygens (including phenoxy) is 2. The number of aliphatic carboxylic acids is 1. The lowest BCUT2D eigenvalue weighted by atomic mass is 9.75. The van der Waals surface area contributed by atoms with Crippen LogP contribution in [0, 0.1) is 5.92 Å². The summed E-state index contributed by atoms with van der Waals surface area (Å²) in [6.45, 7) is 4.86. The van der Waals surface area contributed by atoms with Gasteiger partial charge in [-0.15, -0.1) is 0 Å². The molecule has 0 radical (unpaired) electrons. The molecular formula is C22H31NO5. The summed E-state index contributed by atoms with van der Waals surface area (Å²) < 4.78 is 11.6. The lowest BCUT2D eigenvalue weighted by Crippen LogP contribution is -2.51. The van der Waals surface area contributed by atoms with E-state index in [0.29, 0.717) is 30.7 Å². The van der Waals surface area contributed by atoms with Gasteiger partial charge in [-0.05, 0) is 75.6 Å². The van der Waals surface area contributed by atoms with Gasteiger partial charge in [0.1, 0.15) is 0 Å². The van der Waals surface area contributed by atoms with Gasteiger partial charge in [-0.3, -0.25) is 4.90 Å². The lowest BCUT2D eigenvalue weighted by Gasteiger charge is -2.45. The lowest BCUT2D eigenvalue weighted by molar-refractivity contribution is -0.224. The second-order valence-electron chi connectivity index (χ2n) is 8.43. The van der Waals surface area contributed by atoms with Crippen molar-refractivity contribution < 1.29 is 24.5 Å². The third-order valence-electron chi connectivity index (χ3n) is 6.60. The van der Waals surface area contributed by atoms with E-state index in [1.54, 1.807) is 6.07 Å². The highest BCUT2D eigenvalue weighted by Gasteiger charge is 2.46. The van der Waals surface area contributed by atoms with Crippen LogP contribution in [0.15, 0.2) is 12.1 Å². The molecule has 1 aromatic rings. The number of likely N-dealkylation sites (tertiary alicyclic amines) is 1. The zero-order valence-electron chi connectivity index (χ0n) is 16.7. The largest absolute Gasteiger partial charge is 0.504 e. The van der Waals surface area contributed by atoms with E-state index >= 15 is 0 Å². The van der Waals surface area contributed by atoms with Crippen molar-refractivity contribution in [1.29, 1.82) is 0 Å². The molecule has 2 heterocycles. The van der Waals surface area contributed by atoms with Gasteiger partial charge in [0, 0.05) is 18.0 Å². The molecule has 1 aliphatic carbocycles. The summed E-state index contributed by atoms with van der Waals surface area (Å²) in [4.78, 5) is 14.6. The molecule has 2 fully saturated rings. The minimum atomic E-state index is -1.69. The summed E-state index contributed by atoms with van der Waals surface area (Å²) in [5.41, 5.74) is 2.13. The first kappa shape index (κ1) is 19.5. The first-order valence-electron chi connectivity index (χ1n) is 10.7. The first-order chi connectivity index (χ1) is 13.5. The Bertz CT molecular complexity index is 726. The van der Waals surface area contributed by atoms with E-state index in [2.05, 4.69) is 11.8 Å². The van der Waals surface area contributed by atoms with Gasteiger partial charge in [0.05, 0.1) is 6.61 Å². The fraction of sp³-hybridized carbons (Fsp3) is 0.682. The predicted molar refractivity (Wildman–Crippen MR) is 105 cm³/mol. The van der Waals surface area contributed by atoms with Crippen molar-refractivity contribution in [3.63, 3.8) is 0 Å². The molecule has 2 N–H and O–H groups in total. The monoisotopic (exact) mass is 389 g/mol. The number of rotatable bonds is 5. The number of fused-ring (bicyclic) bond motifs is 2. The molecule has 2 aliphatic heterocycles. The maximum Gasteiger partial charge on any atom is 0.377 e. The maximum atomic E-state index is 12.0. The third-order valence-corrected chi connectivity index (χ3v) is 6.60. The molecule has 154 valence electrons. The smallest absolute Gasteiger partial charge is 0.377 e. The molecular weight excluding hydrogens is 358 g/mol. The van der Waals surface area contributed by atoms with Gasteiger partial charge in [-0.2, -0.15) is 0 Å². The number of carboxylic acids is 1. The van der Waals surface area contributed by atoms with Crippen molar-refractivity contribution in [3.05, 3.63) is 23.3 Å². The maximum absolute atomic E-state index is 12.0. The van der Waals surface area contributed by atoms with E-state index in [-0.39, 0.29) is 5.75 Å². The highest BCUT2D eigenvalue weighted by atomic mass is 16.7. The Labute approximate surface area is 166 Å². The SMILES string of the molecule is CCCN1CCC[C@@H]2Cc3c(ccc(O)c3OC3(C(=O)O)CCCCO3)C[C@H]21. The van der Waals surface area contributed by atoms with Gasteiger partial charge in [-0.25, -0.2) is 4.79 Å². The minimum absolute atomic E-state index is 0.00761. The molecule has 0 saturated carbocycles. The molecule has 2 saturated heterocycles. The number of hydrogen-bond donors (Lipinski definition) is 2. The highest BCUT2D eigenvalue weighted by molar-refractivity contribution is 5.76. The van der Waals surface area contributed by atoms with Crippen LogP contribution >= 0.6 is 0 Å². The van der Waals surface area contributed by atoms with Crippen LogP contribution in [0.3, 0.4) is 0 Å².